The topological polar surface area (TPSA) is 60.2 Å². The Hall–Kier alpha value is -0.590. The SMILES string of the molecule is CCCNC1CSCC1c1nc(C(C)(CC)OCC)no1. The standard InChI is InChI=1S/C15H27N3O2S/c1-5-8-16-12-10-21-9-11(12)13-17-14(18-20-13)15(4,6-2)19-7-3/h11-12,16H,5-10H2,1-4H3. The van der Waals surface area contributed by atoms with Crippen LogP contribution in [0.5, 0.6) is 0 Å². The number of hydrogen-bond acceptors (Lipinski definition) is 6. The van der Waals surface area contributed by atoms with Gasteiger partial charge in [-0.15, -0.1) is 0 Å². The molecular formula is C15H27N3O2S. The summed E-state index contributed by atoms with van der Waals surface area (Å²) < 4.78 is 11.4. The molecule has 1 aliphatic heterocycles. The van der Waals surface area contributed by atoms with Crippen molar-refractivity contribution in [3.05, 3.63) is 11.7 Å². The fourth-order valence-electron chi connectivity index (χ4n) is 2.57. The van der Waals surface area contributed by atoms with Gasteiger partial charge in [-0.1, -0.05) is 19.0 Å². The molecule has 0 aliphatic carbocycles. The van der Waals surface area contributed by atoms with Crippen molar-refractivity contribution >= 4 is 11.8 Å². The van der Waals surface area contributed by atoms with Crippen LogP contribution >= 0.6 is 11.8 Å². The fraction of sp³-hybridized carbons (Fsp3) is 0.867. The maximum Gasteiger partial charge on any atom is 0.232 e. The van der Waals surface area contributed by atoms with Crippen molar-refractivity contribution in [2.24, 2.45) is 0 Å². The third-order valence-corrected chi connectivity index (χ3v) is 5.30. The van der Waals surface area contributed by atoms with Crippen LogP contribution in [-0.2, 0) is 10.3 Å². The Kier molecular flexibility index (Phi) is 6.08. The molecule has 1 N–H and O–H groups in total. The molecule has 2 heterocycles. The summed E-state index contributed by atoms with van der Waals surface area (Å²) >= 11 is 1.95. The zero-order chi connectivity index (χ0) is 15.3. The lowest BCUT2D eigenvalue weighted by Gasteiger charge is -2.24. The van der Waals surface area contributed by atoms with E-state index in [1.165, 1.54) is 0 Å². The molecule has 6 heteroatoms. The van der Waals surface area contributed by atoms with Gasteiger partial charge in [-0.05, 0) is 33.2 Å². The van der Waals surface area contributed by atoms with Gasteiger partial charge in [-0.25, -0.2) is 0 Å². The van der Waals surface area contributed by atoms with E-state index in [0.717, 1.165) is 36.8 Å². The van der Waals surface area contributed by atoms with Gasteiger partial charge in [0.1, 0.15) is 5.60 Å². The van der Waals surface area contributed by atoms with Crippen molar-refractivity contribution in [1.29, 1.82) is 0 Å². The van der Waals surface area contributed by atoms with Gasteiger partial charge in [0, 0.05) is 24.2 Å². The summed E-state index contributed by atoms with van der Waals surface area (Å²) in [6, 6.07) is 0.434. The van der Waals surface area contributed by atoms with E-state index in [-0.39, 0.29) is 0 Å². The lowest BCUT2D eigenvalue weighted by molar-refractivity contribution is -0.0403. The van der Waals surface area contributed by atoms with E-state index < -0.39 is 5.60 Å². The zero-order valence-electron chi connectivity index (χ0n) is 13.5. The molecule has 0 amide bonds. The summed E-state index contributed by atoms with van der Waals surface area (Å²) in [5, 5.41) is 7.78. The Balaban J connectivity index is 2.11. The average molecular weight is 313 g/mol. The highest BCUT2D eigenvalue weighted by molar-refractivity contribution is 7.99. The number of ether oxygens (including phenoxy) is 1. The molecule has 2 rings (SSSR count). The molecule has 1 aromatic heterocycles. The summed E-state index contributed by atoms with van der Waals surface area (Å²) in [6.07, 6.45) is 1.97. The second-order valence-electron chi connectivity index (χ2n) is 5.68. The van der Waals surface area contributed by atoms with Crippen molar-refractivity contribution in [2.45, 2.75) is 58.1 Å². The molecule has 0 radical (unpaired) electrons. The van der Waals surface area contributed by atoms with Crippen LogP contribution in [0.2, 0.25) is 0 Å². The van der Waals surface area contributed by atoms with Gasteiger partial charge in [0.05, 0.1) is 5.92 Å². The van der Waals surface area contributed by atoms with Gasteiger partial charge in [0.15, 0.2) is 0 Å². The Morgan fingerprint density at radius 3 is 2.86 bits per heavy atom. The lowest BCUT2D eigenvalue weighted by Crippen LogP contribution is -2.35. The van der Waals surface area contributed by atoms with Gasteiger partial charge in [-0.2, -0.15) is 16.7 Å². The molecule has 0 bridgehead atoms. The molecular weight excluding hydrogens is 286 g/mol. The number of thioether (sulfide) groups is 1. The minimum absolute atomic E-state index is 0.311. The minimum atomic E-state index is -0.450. The highest BCUT2D eigenvalue weighted by Gasteiger charge is 2.36. The lowest BCUT2D eigenvalue weighted by atomic mass is 10.0. The fourth-order valence-corrected chi connectivity index (χ4v) is 3.94. The van der Waals surface area contributed by atoms with E-state index in [1.807, 2.05) is 25.6 Å². The smallest absolute Gasteiger partial charge is 0.232 e. The summed E-state index contributed by atoms with van der Waals surface area (Å²) in [6.45, 7) is 9.98. The monoisotopic (exact) mass is 313 g/mol. The molecule has 1 saturated heterocycles. The van der Waals surface area contributed by atoms with Crippen LogP contribution in [0.1, 0.15) is 58.2 Å². The predicted octanol–water partition coefficient (Wildman–Crippen LogP) is 2.93. The zero-order valence-corrected chi connectivity index (χ0v) is 14.3. The molecule has 1 aliphatic rings. The normalized spacial score (nSPS) is 25.1. The maximum absolute atomic E-state index is 5.83. The van der Waals surface area contributed by atoms with Crippen LogP contribution in [0.25, 0.3) is 0 Å². The largest absolute Gasteiger partial charge is 0.367 e. The highest BCUT2D eigenvalue weighted by atomic mass is 32.2. The van der Waals surface area contributed by atoms with E-state index >= 15 is 0 Å². The Bertz CT molecular complexity index is 440. The van der Waals surface area contributed by atoms with Crippen LogP contribution < -0.4 is 5.32 Å². The second-order valence-corrected chi connectivity index (χ2v) is 6.75. The van der Waals surface area contributed by atoms with E-state index in [1.54, 1.807) is 0 Å². The quantitative estimate of drug-likeness (QED) is 0.796. The molecule has 1 fully saturated rings. The Labute approximate surface area is 131 Å². The Morgan fingerprint density at radius 2 is 2.19 bits per heavy atom. The minimum Gasteiger partial charge on any atom is -0.367 e. The molecule has 0 aromatic carbocycles. The summed E-state index contributed by atoms with van der Waals surface area (Å²) in [5.41, 5.74) is -0.450. The number of rotatable bonds is 8. The molecule has 3 unspecified atom stereocenters. The molecule has 5 nitrogen and oxygen atoms in total. The maximum atomic E-state index is 5.83. The van der Waals surface area contributed by atoms with Crippen molar-refractivity contribution in [1.82, 2.24) is 15.5 Å². The first-order valence-corrected chi connectivity index (χ1v) is 9.09. The number of nitrogens with zero attached hydrogens (tertiary/aromatic N) is 2. The number of nitrogens with one attached hydrogen (secondary N) is 1. The van der Waals surface area contributed by atoms with Gasteiger partial charge < -0.3 is 14.6 Å². The molecule has 1 aromatic rings. The number of aromatic nitrogens is 2. The third-order valence-electron chi connectivity index (χ3n) is 4.11. The first-order valence-electron chi connectivity index (χ1n) is 7.93. The van der Waals surface area contributed by atoms with E-state index in [4.69, 9.17) is 9.26 Å². The van der Waals surface area contributed by atoms with Gasteiger partial charge in [0.25, 0.3) is 0 Å². The van der Waals surface area contributed by atoms with Crippen molar-refractivity contribution in [3.63, 3.8) is 0 Å². The van der Waals surface area contributed by atoms with Crippen LogP contribution in [0.4, 0.5) is 0 Å². The van der Waals surface area contributed by atoms with Gasteiger partial charge in [0.2, 0.25) is 11.7 Å². The highest BCUT2D eigenvalue weighted by Crippen LogP contribution is 2.34. The van der Waals surface area contributed by atoms with E-state index in [0.29, 0.717) is 24.4 Å². The van der Waals surface area contributed by atoms with Gasteiger partial charge >= 0.3 is 0 Å². The van der Waals surface area contributed by atoms with E-state index in [2.05, 4.69) is 29.3 Å². The van der Waals surface area contributed by atoms with Crippen LogP contribution in [0.15, 0.2) is 4.52 Å². The third kappa shape index (κ3) is 3.79. The van der Waals surface area contributed by atoms with Crippen molar-refractivity contribution in [2.75, 3.05) is 24.7 Å². The summed E-state index contributed by atoms with van der Waals surface area (Å²) in [7, 11) is 0. The summed E-state index contributed by atoms with van der Waals surface area (Å²) in [4.78, 5) is 4.66. The summed E-state index contributed by atoms with van der Waals surface area (Å²) in [5.74, 6) is 3.89. The van der Waals surface area contributed by atoms with Crippen molar-refractivity contribution in [3.8, 4) is 0 Å². The van der Waals surface area contributed by atoms with Crippen molar-refractivity contribution < 1.29 is 9.26 Å². The second kappa shape index (κ2) is 7.61. The van der Waals surface area contributed by atoms with Crippen LogP contribution in [-0.4, -0.2) is 40.8 Å². The first-order chi connectivity index (χ1) is 10.1. The predicted molar refractivity (Wildman–Crippen MR) is 85.7 cm³/mol. The van der Waals surface area contributed by atoms with Crippen LogP contribution in [0, 0.1) is 0 Å². The number of hydrogen-bond donors (Lipinski definition) is 1. The Morgan fingerprint density at radius 1 is 1.38 bits per heavy atom. The first kappa shape index (κ1) is 16.8. The van der Waals surface area contributed by atoms with E-state index in [9.17, 15) is 0 Å². The molecule has 0 spiro atoms. The molecule has 0 saturated carbocycles. The molecule has 21 heavy (non-hydrogen) atoms. The van der Waals surface area contributed by atoms with Crippen LogP contribution in [0.3, 0.4) is 0 Å². The van der Waals surface area contributed by atoms with Gasteiger partial charge in [-0.3, -0.25) is 0 Å². The average Bonchev–Trinajstić information content (AvgIpc) is 3.13. The molecule has 120 valence electrons. The molecule has 3 atom stereocenters.